The average Bonchev–Trinajstić information content (AvgIpc) is 2.85. The molecule has 0 saturated carbocycles. The van der Waals surface area contributed by atoms with Crippen molar-refractivity contribution in [1.29, 1.82) is 0 Å². The van der Waals surface area contributed by atoms with Gasteiger partial charge in [-0.25, -0.2) is 0 Å². The molecule has 0 spiro atoms. The molecule has 0 unspecified atom stereocenters. The van der Waals surface area contributed by atoms with Crippen molar-refractivity contribution in [2.75, 3.05) is 11.9 Å². The Morgan fingerprint density at radius 3 is 2.95 bits per heavy atom. The van der Waals surface area contributed by atoms with Crippen LogP contribution in [0.4, 0.5) is 5.69 Å². The Balaban J connectivity index is 1.82. The van der Waals surface area contributed by atoms with E-state index >= 15 is 0 Å². The zero-order chi connectivity index (χ0) is 14.1. The summed E-state index contributed by atoms with van der Waals surface area (Å²) in [6.07, 6.45) is 0.979. The third-order valence-electron chi connectivity index (χ3n) is 3.42. The molecule has 1 N–H and O–H groups in total. The first-order chi connectivity index (χ1) is 9.63. The highest BCUT2D eigenvalue weighted by Crippen LogP contribution is 2.34. The van der Waals surface area contributed by atoms with Crippen molar-refractivity contribution in [3.63, 3.8) is 0 Å². The number of ether oxygens (including phenoxy) is 1. The lowest BCUT2D eigenvalue weighted by atomic mass is 10.1. The molecule has 1 aliphatic rings. The molecular weight excluding hydrogens is 338 g/mol. The molecule has 3 rings (SSSR count). The highest BCUT2D eigenvalue weighted by molar-refractivity contribution is 9.10. The highest BCUT2D eigenvalue weighted by Gasteiger charge is 2.17. The van der Waals surface area contributed by atoms with Crippen LogP contribution in [0, 0.1) is 6.92 Å². The van der Waals surface area contributed by atoms with Gasteiger partial charge in [-0.3, -0.25) is 0 Å². The molecule has 2 aromatic rings. The van der Waals surface area contributed by atoms with Crippen LogP contribution in [0.2, 0.25) is 5.02 Å². The number of anilines is 1. The average molecular weight is 353 g/mol. The van der Waals surface area contributed by atoms with E-state index in [9.17, 15) is 0 Å². The SMILES string of the molecule is Cc1ccc(NCc2cc(Br)cc3c2OCC3)c(Cl)c1. The smallest absolute Gasteiger partial charge is 0.127 e. The zero-order valence-electron chi connectivity index (χ0n) is 11.2. The molecule has 0 amide bonds. The van der Waals surface area contributed by atoms with E-state index in [0.717, 1.165) is 45.1 Å². The predicted molar refractivity (Wildman–Crippen MR) is 86.9 cm³/mol. The van der Waals surface area contributed by atoms with Crippen molar-refractivity contribution < 1.29 is 4.74 Å². The summed E-state index contributed by atoms with van der Waals surface area (Å²) < 4.78 is 6.82. The monoisotopic (exact) mass is 351 g/mol. The van der Waals surface area contributed by atoms with Gasteiger partial charge in [0.15, 0.2) is 0 Å². The summed E-state index contributed by atoms with van der Waals surface area (Å²) in [6, 6.07) is 10.3. The van der Waals surface area contributed by atoms with Gasteiger partial charge in [0, 0.05) is 23.0 Å². The van der Waals surface area contributed by atoms with Gasteiger partial charge in [-0.2, -0.15) is 0 Å². The van der Waals surface area contributed by atoms with Gasteiger partial charge in [0.25, 0.3) is 0 Å². The minimum Gasteiger partial charge on any atom is -0.493 e. The van der Waals surface area contributed by atoms with Gasteiger partial charge < -0.3 is 10.1 Å². The van der Waals surface area contributed by atoms with E-state index in [1.54, 1.807) is 0 Å². The molecule has 0 aliphatic carbocycles. The van der Waals surface area contributed by atoms with Gasteiger partial charge in [-0.05, 0) is 42.3 Å². The molecule has 1 heterocycles. The van der Waals surface area contributed by atoms with Gasteiger partial charge >= 0.3 is 0 Å². The summed E-state index contributed by atoms with van der Waals surface area (Å²) in [7, 11) is 0. The second kappa shape index (κ2) is 5.66. The van der Waals surface area contributed by atoms with Gasteiger partial charge in [0.05, 0.1) is 17.3 Å². The topological polar surface area (TPSA) is 21.3 Å². The molecule has 20 heavy (non-hydrogen) atoms. The fourth-order valence-corrected chi connectivity index (χ4v) is 3.29. The van der Waals surface area contributed by atoms with Crippen molar-refractivity contribution in [3.05, 3.63) is 56.5 Å². The van der Waals surface area contributed by atoms with E-state index in [2.05, 4.69) is 39.4 Å². The number of aryl methyl sites for hydroxylation is 1. The Bertz CT molecular complexity index is 657. The Morgan fingerprint density at radius 1 is 1.30 bits per heavy atom. The Labute approximate surface area is 132 Å². The molecule has 2 aromatic carbocycles. The van der Waals surface area contributed by atoms with Crippen molar-refractivity contribution in [1.82, 2.24) is 0 Å². The van der Waals surface area contributed by atoms with Gasteiger partial charge in [-0.1, -0.05) is 33.6 Å². The standard InChI is InChI=1S/C16H15BrClNO/c1-10-2-3-15(14(18)6-10)19-9-12-8-13(17)7-11-4-5-20-16(11)12/h2-3,6-8,19H,4-5,9H2,1H3. The number of fused-ring (bicyclic) bond motifs is 1. The predicted octanol–water partition coefficient (Wildman–Crippen LogP) is 4.96. The molecule has 0 aromatic heterocycles. The summed E-state index contributed by atoms with van der Waals surface area (Å²) >= 11 is 9.80. The minimum atomic E-state index is 0.699. The van der Waals surface area contributed by atoms with Crippen LogP contribution in [0.3, 0.4) is 0 Å². The second-order valence-corrected chi connectivity index (χ2v) is 6.31. The highest BCUT2D eigenvalue weighted by atomic mass is 79.9. The van der Waals surface area contributed by atoms with E-state index in [1.807, 2.05) is 19.1 Å². The molecule has 0 bridgehead atoms. The largest absolute Gasteiger partial charge is 0.493 e. The van der Waals surface area contributed by atoms with E-state index in [0.29, 0.717) is 6.54 Å². The first kappa shape index (κ1) is 13.8. The lowest BCUT2D eigenvalue weighted by Gasteiger charge is -2.12. The van der Waals surface area contributed by atoms with E-state index in [-0.39, 0.29) is 0 Å². The Morgan fingerprint density at radius 2 is 2.15 bits per heavy atom. The first-order valence-electron chi connectivity index (χ1n) is 6.57. The van der Waals surface area contributed by atoms with Gasteiger partial charge in [0.2, 0.25) is 0 Å². The number of hydrogen-bond acceptors (Lipinski definition) is 2. The van der Waals surface area contributed by atoms with Crippen LogP contribution in [-0.4, -0.2) is 6.61 Å². The van der Waals surface area contributed by atoms with Gasteiger partial charge in [-0.15, -0.1) is 0 Å². The normalized spacial score (nSPS) is 12.9. The first-order valence-corrected chi connectivity index (χ1v) is 7.75. The van der Waals surface area contributed by atoms with Crippen LogP contribution in [-0.2, 0) is 13.0 Å². The lowest BCUT2D eigenvalue weighted by molar-refractivity contribution is 0.354. The molecule has 104 valence electrons. The van der Waals surface area contributed by atoms with Crippen LogP contribution in [0.5, 0.6) is 5.75 Å². The molecule has 2 nitrogen and oxygen atoms in total. The molecule has 1 aliphatic heterocycles. The van der Waals surface area contributed by atoms with E-state index in [1.165, 1.54) is 5.56 Å². The Kier molecular flexibility index (Phi) is 3.90. The third-order valence-corrected chi connectivity index (χ3v) is 4.19. The number of benzene rings is 2. The van der Waals surface area contributed by atoms with Crippen molar-refractivity contribution in [2.24, 2.45) is 0 Å². The number of hydrogen-bond donors (Lipinski definition) is 1. The maximum absolute atomic E-state index is 6.24. The fraction of sp³-hybridized carbons (Fsp3) is 0.250. The second-order valence-electron chi connectivity index (χ2n) is 4.99. The van der Waals surface area contributed by atoms with E-state index < -0.39 is 0 Å². The summed E-state index contributed by atoms with van der Waals surface area (Å²) in [4.78, 5) is 0. The Hall–Kier alpha value is -1.19. The maximum Gasteiger partial charge on any atom is 0.127 e. The summed E-state index contributed by atoms with van der Waals surface area (Å²) in [5.74, 6) is 1.02. The maximum atomic E-state index is 6.24. The third kappa shape index (κ3) is 2.79. The van der Waals surface area contributed by atoms with Crippen molar-refractivity contribution in [3.8, 4) is 5.75 Å². The molecule has 0 saturated heterocycles. The molecule has 0 fully saturated rings. The zero-order valence-corrected chi connectivity index (χ0v) is 13.5. The van der Waals surface area contributed by atoms with Crippen molar-refractivity contribution >= 4 is 33.2 Å². The van der Waals surface area contributed by atoms with E-state index in [4.69, 9.17) is 16.3 Å². The molecule has 0 radical (unpaired) electrons. The van der Waals surface area contributed by atoms with Crippen LogP contribution in [0.15, 0.2) is 34.8 Å². The van der Waals surface area contributed by atoms with Crippen molar-refractivity contribution in [2.45, 2.75) is 19.9 Å². The fourth-order valence-electron chi connectivity index (χ4n) is 2.43. The summed E-state index contributed by atoms with van der Waals surface area (Å²) in [5, 5.41) is 4.13. The quantitative estimate of drug-likeness (QED) is 0.843. The summed E-state index contributed by atoms with van der Waals surface area (Å²) in [6.45, 7) is 3.50. The van der Waals surface area contributed by atoms with Crippen LogP contribution < -0.4 is 10.1 Å². The van der Waals surface area contributed by atoms with Crippen LogP contribution in [0.25, 0.3) is 0 Å². The number of halogens is 2. The molecule has 0 atom stereocenters. The molecule has 4 heteroatoms. The number of nitrogens with one attached hydrogen (secondary N) is 1. The minimum absolute atomic E-state index is 0.699. The summed E-state index contributed by atoms with van der Waals surface area (Å²) in [5.41, 5.74) is 4.53. The van der Waals surface area contributed by atoms with Crippen LogP contribution in [0.1, 0.15) is 16.7 Å². The van der Waals surface area contributed by atoms with Gasteiger partial charge in [0.1, 0.15) is 5.75 Å². The lowest BCUT2D eigenvalue weighted by Crippen LogP contribution is -2.02. The van der Waals surface area contributed by atoms with Crippen LogP contribution >= 0.6 is 27.5 Å². The molecular formula is C16H15BrClNO. The number of rotatable bonds is 3.